The van der Waals surface area contributed by atoms with E-state index in [0.717, 1.165) is 25.1 Å². The Kier molecular flexibility index (Phi) is 6.73. The van der Waals surface area contributed by atoms with Crippen LogP contribution < -0.4 is 0 Å². The van der Waals surface area contributed by atoms with Crippen LogP contribution in [0.25, 0.3) is 0 Å². The zero-order valence-corrected chi connectivity index (χ0v) is 7.11. The van der Waals surface area contributed by atoms with Crippen LogP contribution in [0.5, 0.6) is 0 Å². The van der Waals surface area contributed by atoms with Gasteiger partial charge in [-0.15, -0.1) is 24.8 Å². The fourth-order valence-corrected chi connectivity index (χ4v) is 1.13. The molecule has 1 atom stereocenters. The van der Waals surface area contributed by atoms with Crippen LogP contribution in [0.2, 0.25) is 0 Å². The molecule has 0 nitrogen and oxygen atoms in total. The molecule has 0 heterocycles. The third kappa shape index (κ3) is 4.63. The van der Waals surface area contributed by atoms with Crippen molar-refractivity contribution in [1.29, 1.82) is 0 Å². The Morgan fingerprint density at radius 1 is 1.30 bits per heavy atom. The van der Waals surface area contributed by atoms with Crippen LogP contribution in [0.4, 0.5) is 0 Å². The first kappa shape index (κ1) is 9.77. The largest absolute Gasteiger partial charge is 0.126 e. The van der Waals surface area contributed by atoms with E-state index in [0.29, 0.717) is 5.92 Å². The summed E-state index contributed by atoms with van der Waals surface area (Å²) in [5.74, 6) is 1.33. The van der Waals surface area contributed by atoms with E-state index in [1.807, 2.05) is 12.2 Å². The molecule has 0 aromatic rings. The van der Waals surface area contributed by atoms with E-state index in [-0.39, 0.29) is 0 Å². The fraction of sp³-hybridized carbons (Fsp3) is 0.556. The zero-order chi connectivity index (χ0) is 7.82. The molecule has 0 fully saturated rings. The van der Waals surface area contributed by atoms with Gasteiger partial charge in [-0.05, 0) is 25.2 Å². The van der Waals surface area contributed by atoms with E-state index in [1.54, 1.807) is 0 Å². The molecule has 0 radical (unpaired) electrons. The van der Waals surface area contributed by atoms with Crippen LogP contribution in [0, 0.1) is 5.92 Å². The van der Waals surface area contributed by atoms with Crippen LogP contribution in [-0.2, 0) is 0 Å². The van der Waals surface area contributed by atoms with Crippen molar-refractivity contribution < 1.29 is 0 Å². The first-order chi connectivity index (χ1) is 4.85. The minimum atomic E-state index is 0.595. The lowest BCUT2D eigenvalue weighted by Gasteiger charge is -2.08. The molecule has 0 aliphatic rings. The molecule has 1 heteroatoms. The van der Waals surface area contributed by atoms with E-state index in [9.17, 15) is 0 Å². The van der Waals surface area contributed by atoms with Crippen molar-refractivity contribution in [2.45, 2.75) is 19.3 Å². The van der Waals surface area contributed by atoms with Gasteiger partial charge in [0, 0.05) is 5.88 Å². The summed E-state index contributed by atoms with van der Waals surface area (Å²) in [6.45, 7) is 7.33. The van der Waals surface area contributed by atoms with Gasteiger partial charge in [0.2, 0.25) is 0 Å². The molecule has 58 valence electrons. The molecule has 0 saturated carbocycles. The molecule has 0 aliphatic heterocycles. The smallest absolute Gasteiger partial charge is 0.0254 e. The highest BCUT2D eigenvalue weighted by Crippen LogP contribution is 2.13. The van der Waals surface area contributed by atoms with Crippen LogP contribution in [0.3, 0.4) is 0 Å². The van der Waals surface area contributed by atoms with Crippen molar-refractivity contribution in [3.63, 3.8) is 0 Å². The zero-order valence-electron chi connectivity index (χ0n) is 6.35. The minimum absolute atomic E-state index is 0.595. The van der Waals surface area contributed by atoms with Crippen LogP contribution in [0.1, 0.15) is 19.3 Å². The minimum Gasteiger partial charge on any atom is -0.126 e. The van der Waals surface area contributed by atoms with Crippen LogP contribution in [0.15, 0.2) is 25.3 Å². The molecule has 0 saturated heterocycles. The third-order valence-electron chi connectivity index (χ3n) is 1.50. The van der Waals surface area contributed by atoms with Gasteiger partial charge < -0.3 is 0 Å². The average molecular weight is 159 g/mol. The lowest BCUT2D eigenvalue weighted by Crippen LogP contribution is -1.99. The molecule has 0 aromatic heterocycles. The standard InChI is InChI=1S/C9H15Cl/c1-3-5-7-9(8-10)6-4-2/h3-4,9H,1-2,5-8H2. The van der Waals surface area contributed by atoms with Crippen LogP contribution >= 0.6 is 11.6 Å². The Morgan fingerprint density at radius 3 is 2.40 bits per heavy atom. The van der Waals surface area contributed by atoms with Gasteiger partial charge in [0.25, 0.3) is 0 Å². The molecule has 1 unspecified atom stereocenters. The second kappa shape index (κ2) is 6.88. The van der Waals surface area contributed by atoms with E-state index in [2.05, 4.69) is 13.2 Å². The summed E-state index contributed by atoms with van der Waals surface area (Å²) >= 11 is 5.70. The van der Waals surface area contributed by atoms with Gasteiger partial charge in [-0.1, -0.05) is 12.2 Å². The summed E-state index contributed by atoms with van der Waals surface area (Å²) in [6.07, 6.45) is 7.08. The molecular weight excluding hydrogens is 144 g/mol. The van der Waals surface area contributed by atoms with E-state index in [4.69, 9.17) is 11.6 Å². The van der Waals surface area contributed by atoms with Gasteiger partial charge in [-0.2, -0.15) is 0 Å². The van der Waals surface area contributed by atoms with Crippen molar-refractivity contribution in [2.75, 3.05) is 5.88 Å². The van der Waals surface area contributed by atoms with Crippen molar-refractivity contribution >= 4 is 11.6 Å². The summed E-state index contributed by atoms with van der Waals surface area (Å²) in [7, 11) is 0. The number of hydrogen-bond donors (Lipinski definition) is 0. The Bertz CT molecular complexity index is 96.9. The molecular formula is C9H15Cl. The summed E-state index contributed by atoms with van der Waals surface area (Å²) in [4.78, 5) is 0. The quantitative estimate of drug-likeness (QED) is 0.411. The van der Waals surface area contributed by atoms with E-state index >= 15 is 0 Å². The number of alkyl halides is 1. The lowest BCUT2D eigenvalue weighted by atomic mass is 10.0. The molecule has 0 N–H and O–H groups in total. The van der Waals surface area contributed by atoms with Gasteiger partial charge in [-0.25, -0.2) is 0 Å². The summed E-state index contributed by atoms with van der Waals surface area (Å²) in [5.41, 5.74) is 0. The topological polar surface area (TPSA) is 0 Å². The molecule has 0 bridgehead atoms. The van der Waals surface area contributed by atoms with Crippen molar-refractivity contribution in [3.05, 3.63) is 25.3 Å². The van der Waals surface area contributed by atoms with Gasteiger partial charge in [0.15, 0.2) is 0 Å². The molecule has 10 heavy (non-hydrogen) atoms. The average Bonchev–Trinajstić information content (AvgIpc) is 1.98. The maximum Gasteiger partial charge on any atom is 0.0254 e. The Hall–Kier alpha value is -0.230. The van der Waals surface area contributed by atoms with Crippen molar-refractivity contribution in [3.8, 4) is 0 Å². The maximum absolute atomic E-state index is 5.70. The van der Waals surface area contributed by atoms with Gasteiger partial charge in [0.1, 0.15) is 0 Å². The highest BCUT2D eigenvalue weighted by Gasteiger charge is 2.02. The summed E-state index contributed by atoms with van der Waals surface area (Å²) in [5, 5.41) is 0. The Balaban J connectivity index is 3.38. The third-order valence-corrected chi connectivity index (χ3v) is 1.93. The van der Waals surface area contributed by atoms with E-state index in [1.165, 1.54) is 0 Å². The first-order valence-corrected chi connectivity index (χ1v) is 4.16. The lowest BCUT2D eigenvalue weighted by molar-refractivity contribution is 0.553. The predicted molar refractivity (Wildman–Crippen MR) is 48.5 cm³/mol. The Morgan fingerprint density at radius 2 is 2.00 bits per heavy atom. The maximum atomic E-state index is 5.70. The number of allylic oxidation sites excluding steroid dienone is 2. The molecule has 0 spiro atoms. The number of rotatable bonds is 6. The van der Waals surface area contributed by atoms with Gasteiger partial charge in [-0.3, -0.25) is 0 Å². The molecule has 0 amide bonds. The van der Waals surface area contributed by atoms with Crippen LogP contribution in [-0.4, -0.2) is 5.88 Å². The normalized spacial score (nSPS) is 12.5. The second-order valence-corrected chi connectivity index (χ2v) is 2.72. The van der Waals surface area contributed by atoms with Gasteiger partial charge >= 0.3 is 0 Å². The summed E-state index contributed by atoms with van der Waals surface area (Å²) in [6, 6.07) is 0. The number of hydrogen-bond acceptors (Lipinski definition) is 0. The van der Waals surface area contributed by atoms with Crippen molar-refractivity contribution in [2.24, 2.45) is 5.92 Å². The number of halogens is 1. The highest BCUT2D eigenvalue weighted by atomic mass is 35.5. The highest BCUT2D eigenvalue weighted by molar-refractivity contribution is 6.18. The SMILES string of the molecule is C=CCCC(CCl)CC=C. The monoisotopic (exact) mass is 158 g/mol. The first-order valence-electron chi connectivity index (χ1n) is 3.62. The van der Waals surface area contributed by atoms with E-state index < -0.39 is 0 Å². The molecule has 0 aromatic carbocycles. The van der Waals surface area contributed by atoms with Crippen molar-refractivity contribution in [1.82, 2.24) is 0 Å². The molecule has 0 rings (SSSR count). The Labute approximate surface area is 68.6 Å². The molecule has 0 aliphatic carbocycles. The fourth-order valence-electron chi connectivity index (χ4n) is 0.847. The van der Waals surface area contributed by atoms with Gasteiger partial charge in [0.05, 0.1) is 0 Å². The summed E-state index contributed by atoms with van der Waals surface area (Å²) < 4.78 is 0. The predicted octanol–water partition coefficient (Wildman–Crippen LogP) is 3.38. The second-order valence-electron chi connectivity index (χ2n) is 2.41.